The highest BCUT2D eigenvalue weighted by Crippen LogP contribution is 2.39. The molecule has 5 heteroatoms. The smallest absolute Gasteiger partial charge is 0.258 e. The van der Waals surface area contributed by atoms with E-state index < -0.39 is 5.54 Å². The lowest BCUT2D eigenvalue weighted by atomic mass is 9.85. The van der Waals surface area contributed by atoms with Gasteiger partial charge in [-0.2, -0.15) is 0 Å². The average molecular weight is 378 g/mol. The first-order valence-corrected chi connectivity index (χ1v) is 9.95. The Bertz CT molecular complexity index is 867. The van der Waals surface area contributed by atoms with Crippen molar-refractivity contribution >= 4 is 11.8 Å². The van der Waals surface area contributed by atoms with Gasteiger partial charge < -0.3 is 14.5 Å². The predicted molar refractivity (Wildman–Crippen MR) is 107 cm³/mol. The number of rotatable bonds is 4. The molecule has 2 aromatic rings. The second-order valence-corrected chi connectivity index (χ2v) is 7.69. The molecule has 0 aliphatic carbocycles. The number of benzene rings is 2. The Labute approximate surface area is 165 Å². The van der Waals surface area contributed by atoms with Gasteiger partial charge in [0.15, 0.2) is 0 Å². The molecule has 28 heavy (non-hydrogen) atoms. The summed E-state index contributed by atoms with van der Waals surface area (Å²) in [5, 5.41) is 0. The van der Waals surface area contributed by atoms with E-state index in [9.17, 15) is 9.59 Å². The van der Waals surface area contributed by atoms with Crippen molar-refractivity contribution in [3.8, 4) is 5.75 Å². The Balaban J connectivity index is 1.59. The normalized spacial score (nSPS) is 22.0. The van der Waals surface area contributed by atoms with Crippen LogP contribution in [0.2, 0.25) is 0 Å². The molecule has 2 saturated heterocycles. The summed E-state index contributed by atoms with van der Waals surface area (Å²) in [6.07, 6.45) is 3.28. The third-order valence-corrected chi connectivity index (χ3v) is 5.92. The van der Waals surface area contributed by atoms with Crippen LogP contribution in [0.15, 0.2) is 54.6 Å². The van der Waals surface area contributed by atoms with E-state index in [4.69, 9.17) is 4.74 Å². The van der Waals surface area contributed by atoms with Crippen molar-refractivity contribution in [3.05, 3.63) is 65.7 Å². The number of nitrogens with zero attached hydrogens (tertiary/aromatic N) is 2. The van der Waals surface area contributed by atoms with Gasteiger partial charge in [0.1, 0.15) is 17.9 Å². The number of para-hydroxylation sites is 1. The fourth-order valence-corrected chi connectivity index (χ4v) is 4.48. The van der Waals surface area contributed by atoms with Crippen molar-refractivity contribution in [2.45, 2.75) is 37.8 Å². The van der Waals surface area contributed by atoms with Gasteiger partial charge >= 0.3 is 0 Å². The van der Waals surface area contributed by atoms with Crippen LogP contribution in [-0.2, 0) is 11.4 Å². The molecule has 4 rings (SSSR count). The lowest BCUT2D eigenvalue weighted by Crippen LogP contribution is -2.60. The van der Waals surface area contributed by atoms with Gasteiger partial charge in [-0.05, 0) is 43.4 Å². The third kappa shape index (κ3) is 3.26. The fraction of sp³-hybridized carbons (Fsp3) is 0.391. The zero-order chi connectivity index (χ0) is 19.6. The Morgan fingerprint density at radius 1 is 1.00 bits per heavy atom. The maximum Gasteiger partial charge on any atom is 0.258 e. The molecule has 2 aliphatic rings. The minimum Gasteiger partial charge on any atom is -0.488 e. The highest BCUT2D eigenvalue weighted by atomic mass is 16.5. The molecule has 2 aromatic carbocycles. The molecule has 0 radical (unpaired) electrons. The number of hydrogen-bond acceptors (Lipinski definition) is 3. The molecule has 146 valence electrons. The molecule has 0 saturated carbocycles. The molecule has 2 fully saturated rings. The summed E-state index contributed by atoms with van der Waals surface area (Å²) in [7, 11) is 1.83. The van der Waals surface area contributed by atoms with Gasteiger partial charge in [-0.25, -0.2) is 0 Å². The maximum atomic E-state index is 13.5. The molecular formula is C23H26N2O3. The van der Waals surface area contributed by atoms with E-state index >= 15 is 0 Å². The SMILES string of the molecule is CN1CCCC2(CCCN2C(=O)c2ccccc2OCc2ccccc2)C1=O. The highest BCUT2D eigenvalue weighted by molar-refractivity contribution is 6.01. The van der Waals surface area contributed by atoms with Gasteiger partial charge in [0.05, 0.1) is 5.56 Å². The second-order valence-electron chi connectivity index (χ2n) is 7.69. The molecular weight excluding hydrogens is 352 g/mol. The number of likely N-dealkylation sites (tertiary alicyclic amines) is 2. The average Bonchev–Trinajstić information content (AvgIpc) is 3.15. The summed E-state index contributed by atoms with van der Waals surface area (Å²) in [5.74, 6) is 0.534. The first kappa shape index (κ1) is 18.5. The largest absolute Gasteiger partial charge is 0.488 e. The second kappa shape index (κ2) is 7.66. The lowest BCUT2D eigenvalue weighted by molar-refractivity contribution is -0.144. The quantitative estimate of drug-likeness (QED) is 0.818. The molecule has 0 bridgehead atoms. The van der Waals surface area contributed by atoms with Crippen LogP contribution in [0.4, 0.5) is 0 Å². The summed E-state index contributed by atoms with van der Waals surface area (Å²) < 4.78 is 5.98. The van der Waals surface area contributed by atoms with E-state index in [0.717, 1.165) is 37.8 Å². The predicted octanol–water partition coefficient (Wildman–Crippen LogP) is 3.49. The third-order valence-electron chi connectivity index (χ3n) is 5.92. The summed E-state index contributed by atoms with van der Waals surface area (Å²) in [6.45, 7) is 1.78. The number of carbonyl (C=O) groups is 2. The van der Waals surface area contributed by atoms with Crippen LogP contribution in [-0.4, -0.2) is 47.3 Å². The van der Waals surface area contributed by atoms with Gasteiger partial charge in [-0.3, -0.25) is 9.59 Å². The molecule has 2 aliphatic heterocycles. The van der Waals surface area contributed by atoms with Gasteiger partial charge in [0.25, 0.3) is 5.91 Å². The molecule has 2 amide bonds. The summed E-state index contributed by atoms with van der Waals surface area (Å²) in [5.41, 5.74) is 0.892. The maximum absolute atomic E-state index is 13.5. The minimum atomic E-state index is -0.684. The standard InChI is InChI=1S/C23H26N2O3/c1-24-15-7-13-23(22(24)27)14-8-16-25(23)21(26)19-11-5-6-12-20(19)28-17-18-9-3-2-4-10-18/h2-6,9-12H,7-8,13-17H2,1H3. The van der Waals surface area contributed by atoms with Crippen molar-refractivity contribution in [2.24, 2.45) is 0 Å². The molecule has 1 atom stereocenters. The Morgan fingerprint density at radius 2 is 1.68 bits per heavy atom. The first-order chi connectivity index (χ1) is 13.6. The van der Waals surface area contributed by atoms with Crippen LogP contribution in [0, 0.1) is 0 Å². The monoisotopic (exact) mass is 378 g/mol. The Morgan fingerprint density at radius 3 is 2.46 bits per heavy atom. The van der Waals surface area contributed by atoms with Crippen LogP contribution in [0.3, 0.4) is 0 Å². The van der Waals surface area contributed by atoms with Crippen molar-refractivity contribution in [1.82, 2.24) is 9.80 Å². The summed E-state index contributed by atoms with van der Waals surface area (Å²) >= 11 is 0. The Kier molecular flexibility index (Phi) is 5.07. The molecule has 1 unspecified atom stereocenters. The van der Waals surface area contributed by atoms with Gasteiger partial charge in [-0.1, -0.05) is 42.5 Å². The summed E-state index contributed by atoms with van der Waals surface area (Å²) in [4.78, 5) is 30.0. The highest BCUT2D eigenvalue weighted by Gasteiger charge is 2.52. The zero-order valence-electron chi connectivity index (χ0n) is 16.3. The van der Waals surface area contributed by atoms with Crippen molar-refractivity contribution in [3.63, 3.8) is 0 Å². The van der Waals surface area contributed by atoms with Crippen LogP contribution in [0.5, 0.6) is 5.75 Å². The van der Waals surface area contributed by atoms with E-state index in [1.54, 1.807) is 15.9 Å². The van der Waals surface area contributed by atoms with Gasteiger partial charge in [-0.15, -0.1) is 0 Å². The fourth-order valence-electron chi connectivity index (χ4n) is 4.48. The number of carbonyl (C=O) groups excluding carboxylic acids is 2. The van der Waals surface area contributed by atoms with E-state index in [2.05, 4.69) is 0 Å². The van der Waals surface area contributed by atoms with Crippen LogP contribution < -0.4 is 4.74 Å². The number of ether oxygens (including phenoxy) is 1. The number of hydrogen-bond donors (Lipinski definition) is 0. The van der Waals surface area contributed by atoms with E-state index in [0.29, 0.717) is 24.5 Å². The first-order valence-electron chi connectivity index (χ1n) is 9.95. The van der Waals surface area contributed by atoms with Crippen molar-refractivity contribution in [2.75, 3.05) is 20.1 Å². The lowest BCUT2D eigenvalue weighted by Gasteiger charge is -2.43. The molecule has 1 spiro atoms. The Hall–Kier alpha value is -2.82. The zero-order valence-corrected chi connectivity index (χ0v) is 16.3. The molecule has 5 nitrogen and oxygen atoms in total. The van der Waals surface area contributed by atoms with Gasteiger partial charge in [0.2, 0.25) is 5.91 Å². The van der Waals surface area contributed by atoms with Crippen LogP contribution in [0.25, 0.3) is 0 Å². The van der Waals surface area contributed by atoms with E-state index in [-0.39, 0.29) is 11.8 Å². The molecule has 2 heterocycles. The van der Waals surface area contributed by atoms with Crippen LogP contribution >= 0.6 is 0 Å². The van der Waals surface area contributed by atoms with Crippen molar-refractivity contribution in [1.29, 1.82) is 0 Å². The number of likely N-dealkylation sites (N-methyl/N-ethyl adjacent to an activating group) is 1. The van der Waals surface area contributed by atoms with Crippen LogP contribution in [0.1, 0.15) is 41.6 Å². The molecule has 0 N–H and O–H groups in total. The number of amides is 2. The number of piperidine rings is 1. The minimum absolute atomic E-state index is 0.0762. The topological polar surface area (TPSA) is 49.9 Å². The van der Waals surface area contributed by atoms with E-state index in [1.807, 2.05) is 55.6 Å². The van der Waals surface area contributed by atoms with E-state index in [1.165, 1.54) is 0 Å². The summed E-state index contributed by atoms with van der Waals surface area (Å²) in [6, 6.07) is 17.2. The van der Waals surface area contributed by atoms with Gasteiger partial charge in [0, 0.05) is 20.1 Å². The molecule has 0 aromatic heterocycles. The van der Waals surface area contributed by atoms with Crippen molar-refractivity contribution < 1.29 is 14.3 Å².